The van der Waals surface area contributed by atoms with Crippen LogP contribution in [0.3, 0.4) is 0 Å². The van der Waals surface area contributed by atoms with Crippen LogP contribution in [0, 0.1) is 11.8 Å². The first-order valence-corrected chi connectivity index (χ1v) is 9.28. The van der Waals surface area contributed by atoms with Gasteiger partial charge < -0.3 is 0 Å². The Labute approximate surface area is 139 Å². The summed E-state index contributed by atoms with van der Waals surface area (Å²) in [5.41, 5.74) is 0. The predicted octanol–water partition coefficient (Wildman–Crippen LogP) is 8.69. The van der Waals surface area contributed by atoms with Crippen LogP contribution in [0.25, 0.3) is 0 Å². The topological polar surface area (TPSA) is 0 Å². The monoisotopic (exact) mass is 300 g/mol. The molecule has 0 aromatic carbocycles. The Balaban J connectivity index is -0.0000000646. The molecule has 0 heterocycles. The van der Waals surface area contributed by atoms with E-state index < -0.39 is 0 Å². The zero-order chi connectivity index (χ0) is 18.1. The normalized spacial score (nSPS) is 10.4. The molecule has 0 fully saturated rings. The van der Waals surface area contributed by atoms with Gasteiger partial charge in [-0.05, 0) is 24.7 Å². The fourth-order valence-electron chi connectivity index (χ4n) is 0.761. The van der Waals surface area contributed by atoms with Crippen LogP contribution in [0.1, 0.15) is 101 Å². The van der Waals surface area contributed by atoms with E-state index in [1.807, 2.05) is 39.8 Å². The highest BCUT2D eigenvalue weighted by Crippen LogP contribution is 2.12. The van der Waals surface area contributed by atoms with Crippen molar-refractivity contribution in [3.05, 3.63) is 25.3 Å². The highest BCUT2D eigenvalue weighted by molar-refractivity contribution is 4.79. The summed E-state index contributed by atoms with van der Waals surface area (Å²) in [6.45, 7) is 28.5. The molecule has 2 unspecified atom stereocenters. The Kier molecular flexibility index (Phi) is 66.0. The molecule has 0 aromatic rings. The smallest absolute Gasteiger partial charge is 0.0264 e. The summed E-state index contributed by atoms with van der Waals surface area (Å²) in [6, 6.07) is 0. The number of hydrogen-bond donors (Lipinski definition) is 0. The molecule has 0 N–H and O–H groups in total. The van der Waals surface area contributed by atoms with Crippen LogP contribution >= 0.6 is 0 Å². The lowest BCUT2D eigenvalue weighted by Crippen LogP contribution is -1.94. The lowest BCUT2D eigenvalue weighted by atomic mass is 9.98. The summed E-state index contributed by atoms with van der Waals surface area (Å²) < 4.78 is 0. The van der Waals surface area contributed by atoms with Gasteiger partial charge in [0.1, 0.15) is 0 Å². The van der Waals surface area contributed by atoms with Crippen molar-refractivity contribution in [3.63, 3.8) is 0 Å². The average Bonchev–Trinajstić information content (AvgIpc) is 2.56. The van der Waals surface area contributed by atoms with Gasteiger partial charge in [-0.15, -0.1) is 13.2 Å². The minimum atomic E-state index is 0.655. The molecule has 0 saturated carbocycles. The maximum absolute atomic E-state index is 3.74. The molecule has 0 radical (unpaired) electrons. The van der Waals surface area contributed by atoms with Gasteiger partial charge in [-0.3, -0.25) is 0 Å². The summed E-state index contributed by atoms with van der Waals surface area (Å²) in [4.78, 5) is 0. The molecule has 0 aromatic heterocycles. The van der Waals surface area contributed by atoms with Crippen LogP contribution in [-0.2, 0) is 0 Å². The number of unbranched alkanes of at least 4 members (excludes halogenated alkanes) is 1. The third-order valence-electron chi connectivity index (χ3n) is 2.38. The van der Waals surface area contributed by atoms with Crippen molar-refractivity contribution in [2.45, 2.75) is 101 Å². The molecule has 21 heavy (non-hydrogen) atoms. The summed E-state index contributed by atoms with van der Waals surface area (Å²) in [5.74, 6) is 1.31. The Hall–Kier alpha value is -0.520. The molecule has 0 aliphatic heterocycles. The van der Waals surface area contributed by atoms with Gasteiger partial charge in [0.15, 0.2) is 0 Å². The first kappa shape index (κ1) is 32.4. The van der Waals surface area contributed by atoms with Crippen molar-refractivity contribution in [1.29, 1.82) is 0 Å². The number of hydrogen-bond acceptors (Lipinski definition) is 0. The molecule has 0 spiro atoms. The van der Waals surface area contributed by atoms with Gasteiger partial charge in [0.25, 0.3) is 0 Å². The van der Waals surface area contributed by atoms with E-state index in [0.717, 1.165) is 0 Å². The maximum Gasteiger partial charge on any atom is -0.0264 e. The summed E-state index contributed by atoms with van der Waals surface area (Å²) in [5, 5.41) is 0. The Morgan fingerprint density at radius 2 is 0.857 bits per heavy atom. The summed E-state index contributed by atoms with van der Waals surface area (Å²) >= 11 is 0. The summed E-state index contributed by atoms with van der Waals surface area (Å²) in [7, 11) is 0. The first-order chi connectivity index (χ1) is 10.0. The highest BCUT2D eigenvalue weighted by Gasteiger charge is 1.99. The third-order valence-corrected chi connectivity index (χ3v) is 2.38. The van der Waals surface area contributed by atoms with Crippen molar-refractivity contribution >= 4 is 0 Å². The molecule has 0 nitrogen and oxygen atoms in total. The van der Waals surface area contributed by atoms with E-state index in [2.05, 4.69) is 54.7 Å². The zero-order valence-electron chi connectivity index (χ0n) is 17.3. The van der Waals surface area contributed by atoms with E-state index in [4.69, 9.17) is 0 Å². The standard InChI is InChI=1S/C10H18.C4H10.C3H8.2C2H6/c1-5-9(3)7-8-10(4)6-2;1-3-4-2;1-3-2;2*1-2/h5-6,9-10H,1-2,7-8H2,3-4H3;3-4H2,1-2H3;3H2,1-2H3;2*1-2H3. The van der Waals surface area contributed by atoms with Crippen molar-refractivity contribution < 1.29 is 0 Å². The van der Waals surface area contributed by atoms with E-state index in [0.29, 0.717) is 11.8 Å². The molecule has 0 saturated heterocycles. The van der Waals surface area contributed by atoms with Crippen molar-refractivity contribution in [2.24, 2.45) is 11.8 Å². The molecule has 0 rings (SSSR count). The quantitative estimate of drug-likeness (QED) is 0.430. The maximum atomic E-state index is 3.74. The third kappa shape index (κ3) is 66.2. The fourth-order valence-corrected chi connectivity index (χ4v) is 0.761. The van der Waals surface area contributed by atoms with Gasteiger partial charge in [0.2, 0.25) is 0 Å². The van der Waals surface area contributed by atoms with Gasteiger partial charge in [0.05, 0.1) is 0 Å². The van der Waals surface area contributed by atoms with Crippen molar-refractivity contribution in [2.75, 3.05) is 0 Å². The predicted molar refractivity (Wildman–Crippen MR) is 107 cm³/mol. The van der Waals surface area contributed by atoms with Crippen molar-refractivity contribution in [3.8, 4) is 0 Å². The van der Waals surface area contributed by atoms with Gasteiger partial charge in [-0.2, -0.15) is 0 Å². The van der Waals surface area contributed by atoms with E-state index in [1.54, 1.807) is 0 Å². The van der Waals surface area contributed by atoms with Crippen molar-refractivity contribution in [1.82, 2.24) is 0 Å². The minimum Gasteiger partial charge on any atom is -0.103 e. The summed E-state index contributed by atoms with van der Waals surface area (Å²) in [6.07, 6.45) is 10.4. The van der Waals surface area contributed by atoms with Gasteiger partial charge in [-0.1, -0.05) is 101 Å². The van der Waals surface area contributed by atoms with Gasteiger partial charge in [0, 0.05) is 0 Å². The Morgan fingerprint density at radius 3 is 0.952 bits per heavy atom. The SMILES string of the molecule is C=CC(C)CCC(C)C=C.CC.CC.CCC.CCCC. The molecule has 132 valence electrons. The molecule has 0 aliphatic carbocycles. The second kappa shape index (κ2) is 42.7. The lowest BCUT2D eigenvalue weighted by molar-refractivity contribution is 0.536. The van der Waals surface area contributed by atoms with Gasteiger partial charge >= 0.3 is 0 Å². The zero-order valence-corrected chi connectivity index (χ0v) is 17.3. The second-order valence-corrected chi connectivity index (χ2v) is 4.71. The van der Waals surface area contributed by atoms with Crippen LogP contribution < -0.4 is 0 Å². The molecule has 2 atom stereocenters. The molecular formula is C21H48. The van der Waals surface area contributed by atoms with E-state index in [1.165, 1.54) is 32.1 Å². The van der Waals surface area contributed by atoms with Crippen LogP contribution in [0.5, 0.6) is 0 Å². The molecule has 0 heteroatoms. The van der Waals surface area contributed by atoms with Crippen LogP contribution in [-0.4, -0.2) is 0 Å². The van der Waals surface area contributed by atoms with Crippen LogP contribution in [0.4, 0.5) is 0 Å². The highest BCUT2D eigenvalue weighted by atomic mass is 14.0. The average molecular weight is 301 g/mol. The first-order valence-electron chi connectivity index (χ1n) is 9.28. The lowest BCUT2D eigenvalue weighted by Gasteiger charge is -2.07. The molecule has 0 bridgehead atoms. The largest absolute Gasteiger partial charge is 0.103 e. The van der Waals surface area contributed by atoms with E-state index >= 15 is 0 Å². The second-order valence-electron chi connectivity index (χ2n) is 4.71. The Bertz CT molecular complexity index is 119. The minimum absolute atomic E-state index is 0.655. The molecular weight excluding hydrogens is 252 g/mol. The fraction of sp³-hybridized carbons (Fsp3) is 0.810. The van der Waals surface area contributed by atoms with Gasteiger partial charge in [-0.25, -0.2) is 0 Å². The van der Waals surface area contributed by atoms with E-state index in [9.17, 15) is 0 Å². The van der Waals surface area contributed by atoms with Crippen LogP contribution in [0.15, 0.2) is 25.3 Å². The Morgan fingerprint density at radius 1 is 0.667 bits per heavy atom. The number of rotatable bonds is 6. The number of allylic oxidation sites excluding steroid dienone is 2. The molecule has 0 amide bonds. The molecule has 0 aliphatic rings. The van der Waals surface area contributed by atoms with E-state index in [-0.39, 0.29) is 0 Å². The van der Waals surface area contributed by atoms with Crippen LogP contribution in [0.2, 0.25) is 0 Å².